The van der Waals surface area contributed by atoms with Crippen LogP contribution in [0.25, 0.3) is 0 Å². The first-order valence-electron chi connectivity index (χ1n) is 4.98. The lowest BCUT2D eigenvalue weighted by molar-refractivity contribution is -0.140. The van der Waals surface area contributed by atoms with E-state index >= 15 is 0 Å². The van der Waals surface area contributed by atoms with E-state index in [0.717, 1.165) is 0 Å². The normalized spacial score (nSPS) is 17.2. The quantitative estimate of drug-likeness (QED) is 0.585. The fraction of sp³-hybridized carbons (Fsp3) is 0.900. The van der Waals surface area contributed by atoms with Crippen molar-refractivity contribution in [3.8, 4) is 0 Å². The second-order valence-electron chi connectivity index (χ2n) is 3.29. The summed E-state index contributed by atoms with van der Waals surface area (Å²) in [5, 5.41) is 0. The average molecular weight is 187 g/mol. The van der Waals surface area contributed by atoms with Crippen molar-refractivity contribution >= 4 is 5.97 Å². The largest absolute Gasteiger partial charge is 0.466 e. The molecular weight excluding hydrogens is 166 g/mol. The molecule has 78 valence electrons. The number of nitrogens with zero attached hydrogens (tertiary/aromatic N) is 1. The summed E-state index contributed by atoms with van der Waals surface area (Å²) < 4.78 is 4.40. The molecule has 0 spiro atoms. The zero-order chi connectivity index (χ0) is 10.1. The van der Waals surface area contributed by atoms with E-state index in [2.05, 4.69) is 16.7 Å². The van der Waals surface area contributed by atoms with E-state index in [1.807, 2.05) is 0 Å². The molecule has 0 saturated carbocycles. The van der Waals surface area contributed by atoms with Gasteiger partial charge in [-0.1, -0.05) is 6.42 Å². The van der Waals surface area contributed by atoms with Crippen molar-refractivity contribution in [1.82, 2.24) is 4.90 Å². The minimum atomic E-state index is -0.211. The Balaban J connectivity index is 0.000000226. The number of carbonyl (C=O) groups excluding carboxylic acids is 1. The van der Waals surface area contributed by atoms with Crippen LogP contribution in [0.5, 0.6) is 0 Å². The molecule has 1 aliphatic heterocycles. The van der Waals surface area contributed by atoms with Crippen molar-refractivity contribution in [3.63, 3.8) is 0 Å². The van der Waals surface area contributed by atoms with Gasteiger partial charge in [0.15, 0.2) is 0 Å². The highest BCUT2D eigenvalue weighted by Gasteiger charge is 2.02. The van der Waals surface area contributed by atoms with Gasteiger partial charge in [-0.25, -0.2) is 0 Å². The molecule has 0 aromatic rings. The molecule has 1 fully saturated rings. The van der Waals surface area contributed by atoms with Gasteiger partial charge in [-0.05, 0) is 39.9 Å². The Labute approximate surface area is 81.1 Å². The standard InChI is InChI=1S/C6H13N.C4H8O2/c1-7-5-3-2-4-6-7;1-3-6-4(2)5/h2-6H2,1H3;3H2,1-2H3. The second-order valence-corrected chi connectivity index (χ2v) is 3.29. The van der Waals surface area contributed by atoms with Crippen molar-refractivity contribution in [1.29, 1.82) is 0 Å². The molecule has 0 radical (unpaired) electrons. The van der Waals surface area contributed by atoms with Gasteiger partial charge >= 0.3 is 5.97 Å². The summed E-state index contributed by atoms with van der Waals surface area (Å²) in [6.45, 7) is 6.29. The smallest absolute Gasteiger partial charge is 0.302 e. The zero-order valence-electron chi connectivity index (χ0n) is 9.01. The number of esters is 1. The molecule has 3 heteroatoms. The molecule has 0 aromatic heterocycles. The lowest BCUT2D eigenvalue weighted by Crippen LogP contribution is -2.24. The van der Waals surface area contributed by atoms with Crippen LogP contribution in [0, 0.1) is 0 Å². The van der Waals surface area contributed by atoms with Crippen molar-refractivity contribution in [2.75, 3.05) is 26.7 Å². The SMILES string of the molecule is CCOC(C)=O.CN1CCCCC1. The van der Waals surface area contributed by atoms with E-state index in [-0.39, 0.29) is 5.97 Å². The van der Waals surface area contributed by atoms with E-state index in [1.54, 1.807) is 6.92 Å². The van der Waals surface area contributed by atoms with Crippen LogP contribution in [-0.4, -0.2) is 37.6 Å². The Morgan fingerprint density at radius 3 is 2.00 bits per heavy atom. The number of rotatable bonds is 1. The molecule has 13 heavy (non-hydrogen) atoms. The zero-order valence-corrected chi connectivity index (χ0v) is 9.01. The van der Waals surface area contributed by atoms with Crippen molar-refractivity contribution in [2.24, 2.45) is 0 Å². The Hall–Kier alpha value is -0.570. The maximum atomic E-state index is 9.82. The molecule has 1 saturated heterocycles. The van der Waals surface area contributed by atoms with Crippen LogP contribution in [-0.2, 0) is 9.53 Å². The van der Waals surface area contributed by atoms with Gasteiger partial charge in [0, 0.05) is 6.92 Å². The van der Waals surface area contributed by atoms with Crippen LogP contribution in [0.1, 0.15) is 33.1 Å². The van der Waals surface area contributed by atoms with Crippen LogP contribution < -0.4 is 0 Å². The predicted octanol–water partition coefficient (Wildman–Crippen LogP) is 1.67. The van der Waals surface area contributed by atoms with Crippen LogP contribution in [0.2, 0.25) is 0 Å². The summed E-state index contributed by atoms with van der Waals surface area (Å²) in [6.07, 6.45) is 4.28. The molecule has 1 heterocycles. The van der Waals surface area contributed by atoms with E-state index in [0.29, 0.717) is 6.61 Å². The lowest BCUT2D eigenvalue weighted by atomic mass is 10.1. The van der Waals surface area contributed by atoms with Crippen LogP contribution in [0.4, 0.5) is 0 Å². The fourth-order valence-corrected chi connectivity index (χ4v) is 1.26. The molecular formula is C10H21NO2. The summed E-state index contributed by atoms with van der Waals surface area (Å²) in [4.78, 5) is 12.2. The van der Waals surface area contributed by atoms with Crippen molar-refractivity contribution < 1.29 is 9.53 Å². The average Bonchev–Trinajstić information content (AvgIpc) is 2.06. The minimum Gasteiger partial charge on any atom is -0.466 e. The first-order valence-corrected chi connectivity index (χ1v) is 4.98. The summed E-state index contributed by atoms with van der Waals surface area (Å²) in [5.74, 6) is -0.211. The van der Waals surface area contributed by atoms with Gasteiger partial charge in [-0.3, -0.25) is 4.79 Å². The highest BCUT2D eigenvalue weighted by molar-refractivity contribution is 5.65. The highest BCUT2D eigenvalue weighted by Crippen LogP contribution is 2.04. The van der Waals surface area contributed by atoms with Gasteiger partial charge in [-0.2, -0.15) is 0 Å². The van der Waals surface area contributed by atoms with Gasteiger partial charge in [0.05, 0.1) is 6.61 Å². The molecule has 0 bridgehead atoms. The van der Waals surface area contributed by atoms with Gasteiger partial charge < -0.3 is 9.64 Å². The number of hydrogen-bond donors (Lipinski definition) is 0. The fourth-order valence-electron chi connectivity index (χ4n) is 1.26. The maximum absolute atomic E-state index is 9.82. The number of ether oxygens (including phenoxy) is 1. The van der Waals surface area contributed by atoms with E-state index < -0.39 is 0 Å². The molecule has 0 amide bonds. The number of hydrogen-bond acceptors (Lipinski definition) is 3. The lowest BCUT2D eigenvalue weighted by Gasteiger charge is -2.20. The number of carbonyl (C=O) groups is 1. The molecule has 0 aromatic carbocycles. The molecule has 0 N–H and O–H groups in total. The van der Waals surface area contributed by atoms with Crippen LogP contribution in [0.15, 0.2) is 0 Å². The number of piperidine rings is 1. The third-order valence-electron chi connectivity index (χ3n) is 1.93. The molecule has 1 rings (SSSR count). The minimum absolute atomic E-state index is 0.211. The number of likely N-dealkylation sites (tertiary alicyclic amines) is 1. The van der Waals surface area contributed by atoms with E-state index in [4.69, 9.17) is 0 Å². The summed E-state index contributed by atoms with van der Waals surface area (Å²) in [6, 6.07) is 0. The highest BCUT2D eigenvalue weighted by atomic mass is 16.5. The van der Waals surface area contributed by atoms with E-state index in [9.17, 15) is 4.79 Å². The molecule has 0 unspecified atom stereocenters. The van der Waals surface area contributed by atoms with Gasteiger partial charge in [0.25, 0.3) is 0 Å². The van der Waals surface area contributed by atoms with Crippen molar-refractivity contribution in [2.45, 2.75) is 33.1 Å². The Kier molecular flexibility index (Phi) is 7.69. The van der Waals surface area contributed by atoms with E-state index in [1.165, 1.54) is 39.3 Å². The van der Waals surface area contributed by atoms with Crippen molar-refractivity contribution in [3.05, 3.63) is 0 Å². The Morgan fingerprint density at radius 2 is 1.85 bits per heavy atom. The Bertz CT molecular complexity index is 131. The first-order chi connectivity index (χ1) is 6.16. The maximum Gasteiger partial charge on any atom is 0.302 e. The van der Waals surface area contributed by atoms with Crippen LogP contribution in [0.3, 0.4) is 0 Å². The van der Waals surface area contributed by atoms with Crippen LogP contribution >= 0.6 is 0 Å². The predicted molar refractivity (Wildman–Crippen MR) is 53.7 cm³/mol. The third kappa shape index (κ3) is 9.34. The summed E-state index contributed by atoms with van der Waals surface area (Å²) >= 11 is 0. The molecule has 1 aliphatic rings. The van der Waals surface area contributed by atoms with Gasteiger partial charge in [0.1, 0.15) is 0 Å². The summed E-state index contributed by atoms with van der Waals surface area (Å²) in [7, 11) is 2.19. The molecule has 0 atom stereocenters. The topological polar surface area (TPSA) is 29.5 Å². The Morgan fingerprint density at radius 1 is 1.31 bits per heavy atom. The van der Waals surface area contributed by atoms with Gasteiger partial charge in [-0.15, -0.1) is 0 Å². The molecule has 0 aliphatic carbocycles. The van der Waals surface area contributed by atoms with Gasteiger partial charge in [0.2, 0.25) is 0 Å². The summed E-state index contributed by atoms with van der Waals surface area (Å²) in [5.41, 5.74) is 0. The third-order valence-corrected chi connectivity index (χ3v) is 1.93. The molecule has 3 nitrogen and oxygen atoms in total. The second kappa shape index (κ2) is 8.05. The first kappa shape index (κ1) is 12.4. The monoisotopic (exact) mass is 187 g/mol.